The van der Waals surface area contributed by atoms with E-state index in [2.05, 4.69) is 27.4 Å². The van der Waals surface area contributed by atoms with E-state index in [1.54, 1.807) is 47.5 Å². The van der Waals surface area contributed by atoms with Crippen molar-refractivity contribution in [2.45, 2.75) is 16.0 Å². The van der Waals surface area contributed by atoms with E-state index in [-0.39, 0.29) is 22.5 Å². The number of phenols is 1. The second kappa shape index (κ2) is 9.07. The van der Waals surface area contributed by atoms with E-state index in [0.29, 0.717) is 6.54 Å². The Labute approximate surface area is 176 Å². The van der Waals surface area contributed by atoms with Gasteiger partial charge in [-0.2, -0.15) is 0 Å². The molecule has 0 fully saturated rings. The van der Waals surface area contributed by atoms with Crippen molar-refractivity contribution in [3.8, 4) is 5.75 Å². The van der Waals surface area contributed by atoms with E-state index >= 15 is 0 Å². The van der Waals surface area contributed by atoms with Crippen molar-refractivity contribution >= 4 is 39.4 Å². The number of rotatable bonds is 7. The molecule has 146 valence electrons. The molecule has 29 heavy (non-hydrogen) atoms. The SMILES string of the molecule is O=C(NCCC(Sc1nc2ncccc2s1)c1ccccc1)c1ccccc1O. The van der Waals surface area contributed by atoms with Crippen LogP contribution in [0.1, 0.15) is 27.6 Å². The van der Waals surface area contributed by atoms with Crippen LogP contribution in [0.15, 0.2) is 77.3 Å². The number of aromatic hydroxyl groups is 1. The van der Waals surface area contributed by atoms with Gasteiger partial charge in [0.25, 0.3) is 5.91 Å². The summed E-state index contributed by atoms with van der Waals surface area (Å²) in [6, 6.07) is 20.7. The standard InChI is InChI=1S/C22H19N3O2S2/c26-17-10-5-4-9-16(17)21(27)24-14-12-18(15-7-2-1-3-8-15)28-22-25-20-19(29-22)11-6-13-23-20/h1-11,13,18,26H,12,14H2,(H,24,27). The molecule has 0 spiro atoms. The monoisotopic (exact) mass is 421 g/mol. The molecule has 2 N–H and O–H groups in total. The molecule has 1 atom stereocenters. The van der Waals surface area contributed by atoms with Crippen LogP contribution in [0.5, 0.6) is 5.75 Å². The van der Waals surface area contributed by atoms with Crippen LogP contribution < -0.4 is 5.32 Å². The summed E-state index contributed by atoms with van der Waals surface area (Å²) in [5, 5.41) is 12.9. The number of fused-ring (bicyclic) bond motifs is 1. The van der Waals surface area contributed by atoms with Crippen molar-refractivity contribution in [3.05, 3.63) is 84.1 Å². The summed E-state index contributed by atoms with van der Waals surface area (Å²) in [6.07, 6.45) is 2.48. The molecule has 0 bridgehead atoms. The van der Waals surface area contributed by atoms with E-state index in [1.165, 1.54) is 11.6 Å². The summed E-state index contributed by atoms with van der Waals surface area (Å²) in [4.78, 5) is 21.3. The molecule has 2 aromatic heterocycles. The molecular weight excluding hydrogens is 402 g/mol. The van der Waals surface area contributed by atoms with Gasteiger partial charge in [0, 0.05) is 18.0 Å². The lowest BCUT2D eigenvalue weighted by molar-refractivity contribution is 0.0950. The number of carbonyl (C=O) groups is 1. The van der Waals surface area contributed by atoms with Gasteiger partial charge in [-0.1, -0.05) is 54.2 Å². The zero-order valence-electron chi connectivity index (χ0n) is 15.5. The average molecular weight is 422 g/mol. The fourth-order valence-corrected chi connectivity index (χ4v) is 5.34. The largest absolute Gasteiger partial charge is 0.507 e. The number of carbonyl (C=O) groups excluding carboxylic acids is 1. The number of benzene rings is 2. The van der Waals surface area contributed by atoms with Crippen molar-refractivity contribution in [2.75, 3.05) is 6.54 Å². The highest BCUT2D eigenvalue weighted by Gasteiger charge is 2.17. The molecule has 2 aromatic carbocycles. The van der Waals surface area contributed by atoms with Gasteiger partial charge in [0.2, 0.25) is 0 Å². The van der Waals surface area contributed by atoms with Crippen molar-refractivity contribution in [2.24, 2.45) is 0 Å². The Morgan fingerprint density at radius 3 is 2.66 bits per heavy atom. The zero-order chi connectivity index (χ0) is 20.1. The third kappa shape index (κ3) is 4.75. The smallest absolute Gasteiger partial charge is 0.255 e. The van der Waals surface area contributed by atoms with Crippen molar-refractivity contribution in [1.82, 2.24) is 15.3 Å². The number of aromatic nitrogens is 2. The first-order chi connectivity index (χ1) is 14.2. The number of thioether (sulfide) groups is 1. The Hall–Kier alpha value is -2.90. The molecule has 5 nitrogen and oxygen atoms in total. The van der Waals surface area contributed by atoms with Gasteiger partial charge in [0.15, 0.2) is 9.99 Å². The molecule has 0 aliphatic carbocycles. The highest BCUT2D eigenvalue weighted by atomic mass is 32.2. The maximum atomic E-state index is 12.4. The maximum Gasteiger partial charge on any atom is 0.255 e. The third-order valence-corrected chi connectivity index (χ3v) is 6.83. The Balaban J connectivity index is 1.46. The van der Waals surface area contributed by atoms with E-state index < -0.39 is 0 Å². The number of hydrogen-bond acceptors (Lipinski definition) is 6. The number of nitrogens with zero attached hydrogens (tertiary/aromatic N) is 2. The maximum absolute atomic E-state index is 12.4. The number of pyridine rings is 1. The first-order valence-electron chi connectivity index (χ1n) is 9.20. The molecule has 0 saturated heterocycles. The lowest BCUT2D eigenvalue weighted by atomic mass is 10.1. The molecule has 7 heteroatoms. The van der Waals surface area contributed by atoms with E-state index in [9.17, 15) is 9.90 Å². The van der Waals surface area contributed by atoms with Crippen LogP contribution in [0.2, 0.25) is 0 Å². The number of para-hydroxylation sites is 1. The van der Waals surface area contributed by atoms with Crippen molar-refractivity contribution < 1.29 is 9.90 Å². The van der Waals surface area contributed by atoms with Crippen LogP contribution >= 0.6 is 23.1 Å². The Morgan fingerprint density at radius 2 is 1.86 bits per heavy atom. The molecule has 0 aliphatic heterocycles. The summed E-state index contributed by atoms with van der Waals surface area (Å²) in [6.45, 7) is 0.489. The molecular formula is C22H19N3O2S2. The second-order valence-corrected chi connectivity index (χ2v) is 8.86. The highest BCUT2D eigenvalue weighted by Crippen LogP contribution is 2.40. The molecule has 4 rings (SSSR count). The summed E-state index contributed by atoms with van der Waals surface area (Å²) in [5.74, 6) is -0.287. The molecule has 1 unspecified atom stereocenters. The predicted octanol–water partition coefficient (Wildman–Crippen LogP) is 5.05. The average Bonchev–Trinajstić information content (AvgIpc) is 3.16. The highest BCUT2D eigenvalue weighted by molar-refractivity contribution is 8.01. The first-order valence-corrected chi connectivity index (χ1v) is 10.9. The fraction of sp³-hybridized carbons (Fsp3) is 0.136. The number of nitrogens with one attached hydrogen (secondary N) is 1. The van der Waals surface area contributed by atoms with Gasteiger partial charge < -0.3 is 10.4 Å². The number of amides is 1. The van der Waals surface area contributed by atoms with Gasteiger partial charge in [-0.15, -0.1) is 11.3 Å². The Kier molecular flexibility index (Phi) is 6.07. The van der Waals surface area contributed by atoms with Crippen LogP contribution in [-0.2, 0) is 0 Å². The lowest BCUT2D eigenvalue weighted by Crippen LogP contribution is -2.25. The Bertz CT molecular complexity index is 1080. The van der Waals surface area contributed by atoms with Gasteiger partial charge in [-0.05, 0) is 36.2 Å². The van der Waals surface area contributed by atoms with Crippen LogP contribution in [0.3, 0.4) is 0 Å². The molecule has 4 aromatic rings. The minimum Gasteiger partial charge on any atom is -0.507 e. The predicted molar refractivity (Wildman–Crippen MR) is 118 cm³/mol. The van der Waals surface area contributed by atoms with Gasteiger partial charge in [-0.3, -0.25) is 4.79 Å². The minimum absolute atomic E-state index is 0.0130. The van der Waals surface area contributed by atoms with Gasteiger partial charge >= 0.3 is 0 Å². The van der Waals surface area contributed by atoms with Gasteiger partial charge in [-0.25, -0.2) is 9.97 Å². The second-order valence-electron chi connectivity index (χ2n) is 6.38. The van der Waals surface area contributed by atoms with Gasteiger partial charge in [0.05, 0.1) is 10.3 Å². The lowest BCUT2D eigenvalue weighted by Gasteiger charge is -2.16. The topological polar surface area (TPSA) is 75.1 Å². The van der Waals surface area contributed by atoms with E-state index in [4.69, 9.17) is 0 Å². The summed E-state index contributed by atoms with van der Waals surface area (Å²) >= 11 is 3.31. The number of hydrogen-bond donors (Lipinski definition) is 2. The quantitative estimate of drug-likeness (QED) is 0.409. The summed E-state index contributed by atoms with van der Waals surface area (Å²) < 4.78 is 2.02. The molecule has 1 amide bonds. The number of thiazole rings is 1. The van der Waals surface area contributed by atoms with Gasteiger partial charge in [0.1, 0.15) is 5.75 Å². The van der Waals surface area contributed by atoms with Crippen molar-refractivity contribution in [1.29, 1.82) is 0 Å². The van der Waals surface area contributed by atoms with Crippen LogP contribution in [0.25, 0.3) is 10.3 Å². The Morgan fingerprint density at radius 1 is 1.07 bits per heavy atom. The van der Waals surface area contributed by atoms with Crippen LogP contribution in [0, 0.1) is 0 Å². The molecule has 0 radical (unpaired) electrons. The summed E-state index contributed by atoms with van der Waals surface area (Å²) in [7, 11) is 0. The fourth-order valence-electron chi connectivity index (χ4n) is 2.96. The van der Waals surface area contributed by atoms with Crippen LogP contribution in [-0.4, -0.2) is 27.5 Å². The van der Waals surface area contributed by atoms with Crippen molar-refractivity contribution in [3.63, 3.8) is 0 Å². The first kappa shape index (κ1) is 19.4. The normalized spacial score (nSPS) is 12.0. The molecule has 2 heterocycles. The summed E-state index contributed by atoms with van der Waals surface area (Å²) in [5.41, 5.74) is 2.23. The zero-order valence-corrected chi connectivity index (χ0v) is 17.1. The minimum atomic E-state index is -0.274. The third-order valence-electron chi connectivity index (χ3n) is 4.40. The molecule has 0 aliphatic rings. The van der Waals surface area contributed by atoms with E-state index in [1.807, 2.05) is 30.3 Å². The molecule has 0 saturated carbocycles. The van der Waals surface area contributed by atoms with Crippen LogP contribution in [0.4, 0.5) is 0 Å². The number of phenolic OH excluding ortho intramolecular Hbond substituents is 1. The van der Waals surface area contributed by atoms with E-state index in [0.717, 1.165) is 21.1 Å².